The third kappa shape index (κ3) is 7.51. The lowest BCUT2D eigenvalue weighted by atomic mass is 10.1. The van der Waals surface area contributed by atoms with Crippen molar-refractivity contribution in [1.82, 2.24) is 14.8 Å². The van der Waals surface area contributed by atoms with Gasteiger partial charge in [-0.3, -0.25) is 9.48 Å². The Morgan fingerprint density at radius 1 is 1.19 bits per heavy atom. The summed E-state index contributed by atoms with van der Waals surface area (Å²) in [6.45, 7) is 3.96. The van der Waals surface area contributed by atoms with E-state index in [4.69, 9.17) is 30.9 Å². The first kappa shape index (κ1) is 27.1. The lowest BCUT2D eigenvalue weighted by Crippen LogP contribution is -2.07. The Morgan fingerprint density at radius 3 is 2.58 bits per heavy atom. The molecule has 0 atom stereocenters. The van der Waals surface area contributed by atoms with Crippen molar-refractivity contribution in [3.05, 3.63) is 58.4 Å². The predicted molar refractivity (Wildman–Crippen MR) is 125 cm³/mol. The van der Waals surface area contributed by atoms with Gasteiger partial charge in [-0.05, 0) is 44.4 Å². The van der Waals surface area contributed by atoms with Crippen LogP contribution in [-0.2, 0) is 30.9 Å². The van der Waals surface area contributed by atoms with Crippen LogP contribution in [0.15, 0.2) is 36.7 Å². The molecule has 0 saturated carbocycles. The van der Waals surface area contributed by atoms with Crippen LogP contribution in [0.2, 0.25) is 5.02 Å². The molecule has 0 spiro atoms. The normalized spacial score (nSPS) is 11.6. The number of carboxylic acid groups (broad SMARTS) is 1. The summed E-state index contributed by atoms with van der Waals surface area (Å²) in [4.78, 5) is 14.8. The number of alkyl halides is 3. The number of aliphatic carboxylic acids is 1. The summed E-state index contributed by atoms with van der Waals surface area (Å²) in [5, 5.41) is 12.9. The Labute approximate surface area is 210 Å². The van der Waals surface area contributed by atoms with Crippen LogP contribution >= 0.6 is 11.6 Å². The number of aryl methyl sites for hydroxylation is 2. The van der Waals surface area contributed by atoms with Gasteiger partial charge >= 0.3 is 12.1 Å². The Kier molecular flexibility index (Phi) is 8.67. The molecule has 194 valence electrons. The molecule has 8 nitrogen and oxygen atoms in total. The van der Waals surface area contributed by atoms with Crippen LogP contribution in [0.4, 0.5) is 13.2 Å². The van der Waals surface area contributed by atoms with Crippen molar-refractivity contribution in [2.24, 2.45) is 7.05 Å². The van der Waals surface area contributed by atoms with Crippen LogP contribution in [0.5, 0.6) is 23.3 Å². The summed E-state index contributed by atoms with van der Waals surface area (Å²) in [5.74, 6) is -0.0797. The fraction of sp³-hybridized carbons (Fsp3) is 0.375. The minimum absolute atomic E-state index is 0.108. The Morgan fingerprint density at radius 2 is 1.94 bits per heavy atom. The number of aromatic nitrogens is 3. The van der Waals surface area contributed by atoms with E-state index in [1.807, 2.05) is 13.8 Å². The molecule has 1 N–H and O–H groups in total. The van der Waals surface area contributed by atoms with Crippen LogP contribution in [-0.4, -0.2) is 38.6 Å². The molecule has 1 aromatic carbocycles. The molecule has 0 unspecified atom stereocenters. The van der Waals surface area contributed by atoms with Crippen molar-refractivity contribution in [3.63, 3.8) is 0 Å². The molecule has 0 radical (unpaired) electrons. The maximum Gasteiger partial charge on any atom is 0.417 e. The van der Waals surface area contributed by atoms with Gasteiger partial charge in [0.1, 0.15) is 16.5 Å². The summed E-state index contributed by atoms with van der Waals surface area (Å²) < 4.78 is 57.5. The van der Waals surface area contributed by atoms with Crippen LogP contribution in [0.1, 0.15) is 37.0 Å². The molecule has 2 aromatic heterocycles. The molecule has 0 amide bonds. The van der Waals surface area contributed by atoms with E-state index in [0.717, 1.165) is 11.6 Å². The molecule has 0 aliphatic heterocycles. The van der Waals surface area contributed by atoms with E-state index in [2.05, 4.69) is 10.1 Å². The highest BCUT2D eigenvalue weighted by Crippen LogP contribution is 2.36. The van der Waals surface area contributed by atoms with Gasteiger partial charge in [0, 0.05) is 31.1 Å². The fourth-order valence-electron chi connectivity index (χ4n) is 3.30. The average molecular weight is 528 g/mol. The molecular weight excluding hydrogens is 503 g/mol. The van der Waals surface area contributed by atoms with Gasteiger partial charge in [-0.2, -0.15) is 13.2 Å². The summed E-state index contributed by atoms with van der Waals surface area (Å²) in [6.07, 6.45) is -1.67. The van der Waals surface area contributed by atoms with Gasteiger partial charge in [0.15, 0.2) is 0 Å². The SMILES string of the molecule is CC(C)Oc1ccc(CCCOc2nn(C)cc2CC(=O)O)c(Oc2ncc(C(F)(F)F)cc2Cl)c1. The number of carbonyl (C=O) groups is 1. The van der Waals surface area contributed by atoms with Crippen LogP contribution < -0.4 is 14.2 Å². The second kappa shape index (κ2) is 11.5. The zero-order valence-electron chi connectivity index (χ0n) is 19.8. The first-order valence-electron chi connectivity index (χ1n) is 11.0. The van der Waals surface area contributed by atoms with Crippen molar-refractivity contribution in [1.29, 1.82) is 0 Å². The van der Waals surface area contributed by atoms with Gasteiger partial charge in [-0.1, -0.05) is 17.7 Å². The monoisotopic (exact) mass is 527 g/mol. The maximum absolute atomic E-state index is 12.9. The number of carboxylic acids is 1. The van der Waals surface area contributed by atoms with E-state index in [9.17, 15) is 18.0 Å². The van der Waals surface area contributed by atoms with E-state index >= 15 is 0 Å². The van der Waals surface area contributed by atoms with Gasteiger partial charge in [-0.25, -0.2) is 4.98 Å². The first-order valence-corrected chi connectivity index (χ1v) is 11.4. The number of ether oxygens (including phenoxy) is 3. The lowest BCUT2D eigenvalue weighted by Gasteiger charge is -2.16. The Bertz CT molecular complexity index is 1210. The number of halogens is 4. The molecular formula is C24H25ClF3N3O5. The third-order valence-corrected chi connectivity index (χ3v) is 5.06. The van der Waals surface area contributed by atoms with Crippen molar-refractivity contribution in [2.75, 3.05) is 6.61 Å². The molecule has 0 fully saturated rings. The smallest absolute Gasteiger partial charge is 0.417 e. The van der Waals surface area contributed by atoms with Crippen LogP contribution in [0.25, 0.3) is 0 Å². The van der Waals surface area contributed by atoms with Crippen LogP contribution in [0, 0.1) is 0 Å². The summed E-state index contributed by atoms with van der Waals surface area (Å²) in [7, 11) is 1.67. The number of benzene rings is 1. The lowest BCUT2D eigenvalue weighted by molar-refractivity contribution is -0.138. The third-order valence-electron chi connectivity index (χ3n) is 4.79. The molecule has 0 aliphatic rings. The second-order valence-corrected chi connectivity index (χ2v) is 8.61. The molecule has 0 bridgehead atoms. The summed E-state index contributed by atoms with van der Waals surface area (Å²) >= 11 is 6.02. The van der Waals surface area contributed by atoms with E-state index in [1.54, 1.807) is 31.4 Å². The van der Waals surface area contributed by atoms with Gasteiger partial charge in [0.2, 0.25) is 11.8 Å². The molecule has 12 heteroatoms. The van der Waals surface area contributed by atoms with E-state index in [0.29, 0.717) is 36.1 Å². The Hall–Kier alpha value is -3.47. The predicted octanol–water partition coefficient (Wildman–Crippen LogP) is 5.71. The van der Waals surface area contributed by atoms with Gasteiger partial charge < -0.3 is 19.3 Å². The fourth-order valence-corrected chi connectivity index (χ4v) is 3.50. The molecule has 3 aromatic rings. The van der Waals surface area contributed by atoms with Gasteiger partial charge in [-0.15, -0.1) is 5.10 Å². The highest BCUT2D eigenvalue weighted by atomic mass is 35.5. The first-order chi connectivity index (χ1) is 16.9. The zero-order chi connectivity index (χ0) is 26.5. The van der Waals surface area contributed by atoms with E-state index in [1.165, 1.54) is 4.68 Å². The quantitative estimate of drug-likeness (QED) is 0.319. The molecule has 3 rings (SSSR count). The number of hydrogen-bond acceptors (Lipinski definition) is 6. The highest BCUT2D eigenvalue weighted by molar-refractivity contribution is 6.31. The van der Waals surface area contributed by atoms with Crippen molar-refractivity contribution >= 4 is 17.6 Å². The minimum atomic E-state index is -4.58. The number of nitrogens with zero attached hydrogens (tertiary/aromatic N) is 3. The largest absolute Gasteiger partial charge is 0.491 e. The minimum Gasteiger partial charge on any atom is -0.491 e. The summed E-state index contributed by atoms with van der Waals surface area (Å²) in [6, 6.07) is 5.92. The number of hydrogen-bond donors (Lipinski definition) is 1. The summed E-state index contributed by atoms with van der Waals surface area (Å²) in [5.41, 5.74) is 0.206. The van der Waals surface area contributed by atoms with E-state index < -0.39 is 17.7 Å². The van der Waals surface area contributed by atoms with Crippen molar-refractivity contribution < 1.29 is 37.3 Å². The molecule has 0 aliphatic carbocycles. The number of rotatable bonds is 11. The highest BCUT2D eigenvalue weighted by Gasteiger charge is 2.32. The van der Waals surface area contributed by atoms with Crippen molar-refractivity contribution in [2.45, 2.75) is 45.4 Å². The van der Waals surface area contributed by atoms with E-state index in [-0.39, 0.29) is 35.9 Å². The molecule has 36 heavy (non-hydrogen) atoms. The standard InChI is InChI=1S/C24H25ClF3N3O5/c1-14(2)35-18-7-6-15(5-4-8-34-22-16(9-21(32)33)13-31(3)30-22)20(11-18)36-23-19(25)10-17(12-29-23)24(26,27)28/h6-7,10-14H,4-5,8-9H2,1-3H3,(H,32,33). The van der Waals surface area contributed by atoms with Gasteiger partial charge in [0.25, 0.3) is 0 Å². The average Bonchev–Trinajstić information content (AvgIpc) is 3.10. The number of pyridine rings is 1. The van der Waals surface area contributed by atoms with Gasteiger partial charge in [0.05, 0.1) is 24.7 Å². The van der Waals surface area contributed by atoms with Crippen LogP contribution in [0.3, 0.4) is 0 Å². The second-order valence-electron chi connectivity index (χ2n) is 8.20. The Balaban J connectivity index is 1.74. The zero-order valence-corrected chi connectivity index (χ0v) is 20.6. The molecule has 2 heterocycles. The van der Waals surface area contributed by atoms with Crippen molar-refractivity contribution in [3.8, 4) is 23.3 Å². The topological polar surface area (TPSA) is 95.7 Å². The maximum atomic E-state index is 12.9. The molecule has 0 saturated heterocycles.